The van der Waals surface area contributed by atoms with Crippen molar-refractivity contribution in [3.8, 4) is 0 Å². The molecule has 2 N–H and O–H groups in total. The normalized spacial score (nSPS) is 11.9. The number of benzene rings is 2. The van der Waals surface area contributed by atoms with Gasteiger partial charge in [0.2, 0.25) is 5.95 Å². The van der Waals surface area contributed by atoms with Crippen LogP contribution < -0.4 is 10.6 Å². The molecule has 28 heavy (non-hydrogen) atoms. The fourth-order valence-corrected chi connectivity index (χ4v) is 2.58. The van der Waals surface area contributed by atoms with Crippen molar-refractivity contribution in [1.82, 2.24) is 15.2 Å². The van der Waals surface area contributed by atoms with E-state index in [1.165, 1.54) is 30.0 Å². The summed E-state index contributed by atoms with van der Waals surface area (Å²) in [6.45, 7) is 6.36. The SMILES string of the molecule is CC(C)(C)c1ccc(Nc2nncc(Nc3ccccc3C(F)(F)F)n2)cc1. The Kier molecular flexibility index (Phi) is 5.22. The maximum Gasteiger partial charge on any atom is 0.418 e. The summed E-state index contributed by atoms with van der Waals surface area (Å²) in [4.78, 5) is 4.19. The molecule has 3 aromatic rings. The Morgan fingerprint density at radius 1 is 0.857 bits per heavy atom. The van der Waals surface area contributed by atoms with Gasteiger partial charge in [-0.2, -0.15) is 23.3 Å². The van der Waals surface area contributed by atoms with Crippen LogP contribution in [0, 0.1) is 0 Å². The summed E-state index contributed by atoms with van der Waals surface area (Å²) in [6, 6.07) is 13.0. The number of halogens is 3. The Morgan fingerprint density at radius 2 is 1.54 bits per heavy atom. The molecule has 1 aromatic heterocycles. The second-order valence-electron chi connectivity index (χ2n) is 7.29. The molecule has 8 heteroatoms. The quantitative estimate of drug-likeness (QED) is 0.603. The number of para-hydroxylation sites is 1. The average Bonchev–Trinajstić information content (AvgIpc) is 2.61. The van der Waals surface area contributed by atoms with Crippen molar-refractivity contribution in [2.45, 2.75) is 32.4 Å². The van der Waals surface area contributed by atoms with Gasteiger partial charge in [0.1, 0.15) is 0 Å². The minimum Gasteiger partial charge on any atom is -0.338 e. The zero-order valence-corrected chi connectivity index (χ0v) is 15.7. The third-order valence-electron chi connectivity index (χ3n) is 4.06. The van der Waals surface area contributed by atoms with Crippen molar-refractivity contribution in [2.24, 2.45) is 0 Å². The topological polar surface area (TPSA) is 62.7 Å². The maximum atomic E-state index is 13.1. The van der Waals surface area contributed by atoms with Gasteiger partial charge in [-0.25, -0.2) is 0 Å². The molecule has 0 radical (unpaired) electrons. The van der Waals surface area contributed by atoms with E-state index in [1.807, 2.05) is 24.3 Å². The van der Waals surface area contributed by atoms with Crippen LogP contribution in [0.4, 0.5) is 36.3 Å². The number of rotatable bonds is 4. The summed E-state index contributed by atoms with van der Waals surface area (Å²) in [5.41, 5.74) is 1.09. The van der Waals surface area contributed by atoms with Crippen LogP contribution in [0.1, 0.15) is 31.9 Å². The third kappa shape index (κ3) is 4.76. The van der Waals surface area contributed by atoms with Gasteiger partial charge in [0.05, 0.1) is 17.4 Å². The van der Waals surface area contributed by atoms with Crippen molar-refractivity contribution < 1.29 is 13.2 Å². The maximum absolute atomic E-state index is 13.1. The average molecular weight is 387 g/mol. The van der Waals surface area contributed by atoms with Crippen LogP contribution in [-0.2, 0) is 11.6 Å². The molecule has 0 atom stereocenters. The molecule has 0 unspecified atom stereocenters. The molecule has 0 saturated heterocycles. The van der Waals surface area contributed by atoms with Crippen LogP contribution in [0.15, 0.2) is 54.7 Å². The highest BCUT2D eigenvalue weighted by Gasteiger charge is 2.33. The summed E-state index contributed by atoms with van der Waals surface area (Å²) in [5.74, 6) is 0.332. The van der Waals surface area contributed by atoms with E-state index >= 15 is 0 Å². The number of hydrogen-bond donors (Lipinski definition) is 2. The Balaban J connectivity index is 1.79. The Bertz CT molecular complexity index is 947. The molecule has 0 aliphatic heterocycles. The Morgan fingerprint density at radius 3 is 2.18 bits per heavy atom. The van der Waals surface area contributed by atoms with Crippen LogP contribution in [0.5, 0.6) is 0 Å². The van der Waals surface area contributed by atoms with Gasteiger partial charge in [0.25, 0.3) is 0 Å². The molecule has 0 fully saturated rings. The van der Waals surface area contributed by atoms with E-state index in [2.05, 4.69) is 46.6 Å². The lowest BCUT2D eigenvalue weighted by Gasteiger charge is -2.19. The van der Waals surface area contributed by atoms with Gasteiger partial charge in [-0.05, 0) is 35.2 Å². The van der Waals surface area contributed by atoms with Crippen molar-refractivity contribution in [2.75, 3.05) is 10.6 Å². The predicted octanol–water partition coefficient (Wildman–Crippen LogP) is 5.68. The minimum atomic E-state index is -4.47. The fraction of sp³-hybridized carbons (Fsp3) is 0.250. The van der Waals surface area contributed by atoms with E-state index in [1.54, 1.807) is 0 Å². The first kappa shape index (κ1) is 19.6. The van der Waals surface area contributed by atoms with Gasteiger partial charge in [-0.3, -0.25) is 0 Å². The van der Waals surface area contributed by atoms with Gasteiger partial charge in [-0.1, -0.05) is 45.0 Å². The first-order valence-electron chi connectivity index (χ1n) is 8.63. The van der Waals surface area contributed by atoms with E-state index in [0.717, 1.165) is 11.8 Å². The van der Waals surface area contributed by atoms with Gasteiger partial charge >= 0.3 is 6.18 Å². The summed E-state index contributed by atoms with van der Waals surface area (Å²) >= 11 is 0. The lowest BCUT2D eigenvalue weighted by molar-refractivity contribution is -0.136. The first-order chi connectivity index (χ1) is 13.1. The summed E-state index contributed by atoms with van der Waals surface area (Å²) in [6.07, 6.45) is -3.21. The summed E-state index contributed by atoms with van der Waals surface area (Å²) in [7, 11) is 0. The number of nitrogens with zero attached hydrogens (tertiary/aromatic N) is 3. The highest BCUT2D eigenvalue weighted by molar-refractivity contribution is 5.62. The van der Waals surface area contributed by atoms with Crippen molar-refractivity contribution >= 4 is 23.1 Å². The standard InChI is InChI=1S/C20H20F3N5/c1-19(2,3)13-8-10-14(11-9-13)25-18-27-17(12-24-28-18)26-16-7-5-4-6-15(16)20(21,22)23/h4-12H,1-3H3,(H2,25,26,27,28). The first-order valence-corrected chi connectivity index (χ1v) is 8.63. The van der Waals surface area contributed by atoms with Gasteiger partial charge in [0.15, 0.2) is 5.82 Å². The summed E-state index contributed by atoms with van der Waals surface area (Å²) < 4.78 is 39.4. The van der Waals surface area contributed by atoms with Crippen molar-refractivity contribution in [3.63, 3.8) is 0 Å². The summed E-state index contributed by atoms with van der Waals surface area (Å²) in [5, 5.41) is 13.4. The number of hydrogen-bond acceptors (Lipinski definition) is 5. The zero-order valence-electron chi connectivity index (χ0n) is 15.7. The lowest BCUT2D eigenvalue weighted by Crippen LogP contribution is -2.11. The number of aromatic nitrogens is 3. The van der Waals surface area contributed by atoms with E-state index in [9.17, 15) is 13.2 Å². The number of nitrogens with one attached hydrogen (secondary N) is 2. The van der Waals surface area contributed by atoms with Crippen LogP contribution in [0.2, 0.25) is 0 Å². The Labute approximate surface area is 161 Å². The zero-order chi connectivity index (χ0) is 20.4. The molecule has 1 heterocycles. The molecule has 5 nitrogen and oxygen atoms in total. The molecule has 0 spiro atoms. The molecule has 0 saturated carbocycles. The molecular formula is C20H20F3N5. The van der Waals surface area contributed by atoms with E-state index < -0.39 is 11.7 Å². The van der Waals surface area contributed by atoms with Crippen LogP contribution >= 0.6 is 0 Å². The molecule has 0 aliphatic rings. The molecule has 0 aliphatic carbocycles. The highest BCUT2D eigenvalue weighted by Crippen LogP contribution is 2.35. The molecule has 0 bridgehead atoms. The van der Waals surface area contributed by atoms with Crippen molar-refractivity contribution in [3.05, 3.63) is 65.9 Å². The number of anilines is 4. The van der Waals surface area contributed by atoms with Crippen LogP contribution in [-0.4, -0.2) is 15.2 Å². The van der Waals surface area contributed by atoms with Crippen LogP contribution in [0.25, 0.3) is 0 Å². The van der Waals surface area contributed by atoms with Gasteiger partial charge in [0, 0.05) is 5.69 Å². The molecule has 3 rings (SSSR count). The number of alkyl halides is 3. The molecule has 0 amide bonds. The van der Waals surface area contributed by atoms with E-state index in [-0.39, 0.29) is 22.9 Å². The van der Waals surface area contributed by atoms with Crippen LogP contribution in [0.3, 0.4) is 0 Å². The van der Waals surface area contributed by atoms with Gasteiger partial charge in [-0.15, -0.1) is 5.10 Å². The fourth-order valence-electron chi connectivity index (χ4n) is 2.58. The van der Waals surface area contributed by atoms with Gasteiger partial charge < -0.3 is 10.6 Å². The monoisotopic (exact) mass is 387 g/mol. The minimum absolute atomic E-state index is 0.0340. The highest BCUT2D eigenvalue weighted by atomic mass is 19.4. The second-order valence-corrected chi connectivity index (χ2v) is 7.29. The van der Waals surface area contributed by atoms with E-state index in [4.69, 9.17) is 0 Å². The smallest absolute Gasteiger partial charge is 0.338 e. The predicted molar refractivity (Wildman–Crippen MR) is 103 cm³/mol. The molecular weight excluding hydrogens is 367 g/mol. The molecule has 146 valence electrons. The molecule has 2 aromatic carbocycles. The second kappa shape index (κ2) is 7.46. The lowest BCUT2D eigenvalue weighted by atomic mass is 9.87. The third-order valence-corrected chi connectivity index (χ3v) is 4.06. The Hall–Kier alpha value is -3.16. The largest absolute Gasteiger partial charge is 0.418 e. The van der Waals surface area contributed by atoms with E-state index in [0.29, 0.717) is 0 Å². The van der Waals surface area contributed by atoms with Crippen molar-refractivity contribution in [1.29, 1.82) is 0 Å².